The van der Waals surface area contributed by atoms with Crippen molar-refractivity contribution >= 4 is 5.97 Å². The van der Waals surface area contributed by atoms with Gasteiger partial charge in [0.05, 0.1) is 26.2 Å². The predicted molar refractivity (Wildman–Crippen MR) is 85.9 cm³/mol. The molecular formula is C17H27NO4. The fourth-order valence-electron chi connectivity index (χ4n) is 2.23. The number of aliphatic hydroxyl groups excluding tert-OH is 1. The smallest absolute Gasteiger partial charge is 0.307 e. The second-order valence-electron chi connectivity index (χ2n) is 5.07. The van der Waals surface area contributed by atoms with Gasteiger partial charge < -0.3 is 19.5 Å². The van der Waals surface area contributed by atoms with E-state index < -0.39 is 6.10 Å². The van der Waals surface area contributed by atoms with Crippen LogP contribution in [0.1, 0.15) is 38.4 Å². The fourth-order valence-corrected chi connectivity index (χ4v) is 2.23. The molecular weight excluding hydrogens is 282 g/mol. The molecule has 0 radical (unpaired) electrons. The van der Waals surface area contributed by atoms with Gasteiger partial charge in [-0.25, -0.2) is 0 Å². The molecule has 0 saturated carbocycles. The molecule has 22 heavy (non-hydrogen) atoms. The lowest BCUT2D eigenvalue weighted by Crippen LogP contribution is -2.28. The first-order valence-electron chi connectivity index (χ1n) is 7.80. The average Bonchev–Trinajstić information content (AvgIpc) is 2.55. The quantitative estimate of drug-likeness (QED) is 0.673. The highest BCUT2D eigenvalue weighted by Crippen LogP contribution is 2.21. The fraction of sp³-hybridized carbons (Fsp3) is 0.588. The van der Waals surface area contributed by atoms with Crippen LogP contribution >= 0.6 is 0 Å². The zero-order valence-electron chi connectivity index (χ0n) is 13.7. The van der Waals surface area contributed by atoms with Gasteiger partial charge in [-0.2, -0.15) is 0 Å². The number of methoxy groups -OCH3 is 1. The Labute approximate surface area is 132 Å². The van der Waals surface area contributed by atoms with Gasteiger partial charge in [0.25, 0.3) is 0 Å². The maximum absolute atomic E-state index is 11.4. The van der Waals surface area contributed by atoms with Crippen molar-refractivity contribution in [3.63, 3.8) is 0 Å². The van der Waals surface area contributed by atoms with Crippen LogP contribution in [0.15, 0.2) is 24.3 Å². The second-order valence-corrected chi connectivity index (χ2v) is 5.07. The Morgan fingerprint density at radius 3 is 2.73 bits per heavy atom. The number of carbonyl (C=O) groups excluding carboxylic acids is 1. The van der Waals surface area contributed by atoms with Crippen molar-refractivity contribution in [2.75, 3.05) is 33.4 Å². The van der Waals surface area contributed by atoms with Crippen LogP contribution in [-0.2, 0) is 9.53 Å². The van der Waals surface area contributed by atoms with Crippen LogP contribution in [0.4, 0.5) is 0 Å². The van der Waals surface area contributed by atoms with Crippen LogP contribution in [0.2, 0.25) is 0 Å². The van der Waals surface area contributed by atoms with E-state index in [1.807, 2.05) is 31.2 Å². The summed E-state index contributed by atoms with van der Waals surface area (Å²) in [5.41, 5.74) is 0.848. The summed E-state index contributed by atoms with van der Waals surface area (Å²) in [5.74, 6) is 0.570. The van der Waals surface area contributed by atoms with Crippen molar-refractivity contribution in [2.24, 2.45) is 0 Å². The van der Waals surface area contributed by atoms with E-state index in [2.05, 4.69) is 4.90 Å². The molecule has 1 aromatic rings. The molecule has 5 nitrogen and oxygen atoms in total. The number of carbonyl (C=O) groups is 1. The largest absolute Gasteiger partial charge is 0.497 e. The zero-order chi connectivity index (χ0) is 16.4. The number of rotatable bonds is 10. The third-order valence-corrected chi connectivity index (χ3v) is 3.58. The van der Waals surface area contributed by atoms with E-state index in [0.29, 0.717) is 26.0 Å². The molecule has 0 aliphatic heterocycles. The van der Waals surface area contributed by atoms with Crippen LogP contribution in [-0.4, -0.2) is 49.3 Å². The standard InChI is InChI=1S/C17H27NO4/c1-4-18(12-10-17(20)22-5-2)11-9-16(19)14-7-6-8-15(13-14)21-3/h6-8,13,16,19H,4-5,9-12H2,1-3H3. The maximum atomic E-state index is 11.4. The highest BCUT2D eigenvalue weighted by atomic mass is 16.5. The minimum atomic E-state index is -0.535. The Morgan fingerprint density at radius 1 is 1.32 bits per heavy atom. The van der Waals surface area contributed by atoms with Crippen LogP contribution < -0.4 is 4.74 Å². The van der Waals surface area contributed by atoms with E-state index in [1.165, 1.54) is 0 Å². The van der Waals surface area contributed by atoms with E-state index in [-0.39, 0.29) is 5.97 Å². The minimum absolute atomic E-state index is 0.172. The van der Waals surface area contributed by atoms with Gasteiger partial charge in [-0.15, -0.1) is 0 Å². The van der Waals surface area contributed by atoms with Gasteiger partial charge in [-0.1, -0.05) is 19.1 Å². The van der Waals surface area contributed by atoms with Gasteiger partial charge in [0.15, 0.2) is 0 Å². The van der Waals surface area contributed by atoms with Crippen LogP contribution in [0.3, 0.4) is 0 Å². The van der Waals surface area contributed by atoms with E-state index in [4.69, 9.17) is 9.47 Å². The third-order valence-electron chi connectivity index (χ3n) is 3.58. The number of hydrogen-bond acceptors (Lipinski definition) is 5. The molecule has 0 aliphatic carbocycles. The van der Waals surface area contributed by atoms with Crippen molar-refractivity contribution in [3.8, 4) is 5.75 Å². The molecule has 1 atom stereocenters. The van der Waals surface area contributed by atoms with Crippen LogP contribution in [0, 0.1) is 0 Å². The second kappa shape index (κ2) is 10.2. The molecule has 1 N–H and O–H groups in total. The van der Waals surface area contributed by atoms with Gasteiger partial charge in [0.2, 0.25) is 0 Å². The van der Waals surface area contributed by atoms with Crippen LogP contribution in [0.5, 0.6) is 5.75 Å². The van der Waals surface area contributed by atoms with E-state index in [1.54, 1.807) is 14.0 Å². The Hall–Kier alpha value is -1.59. The average molecular weight is 309 g/mol. The lowest BCUT2D eigenvalue weighted by Gasteiger charge is -2.21. The van der Waals surface area contributed by atoms with Crippen LogP contribution in [0.25, 0.3) is 0 Å². The Kier molecular flexibility index (Phi) is 8.55. The molecule has 1 rings (SSSR count). The van der Waals surface area contributed by atoms with Gasteiger partial charge in [-0.05, 0) is 37.6 Å². The number of esters is 1. The molecule has 0 aliphatic rings. The van der Waals surface area contributed by atoms with Crippen molar-refractivity contribution in [2.45, 2.75) is 32.8 Å². The molecule has 0 aromatic heterocycles. The Morgan fingerprint density at radius 2 is 2.09 bits per heavy atom. The Bertz CT molecular complexity index is 450. The van der Waals surface area contributed by atoms with E-state index >= 15 is 0 Å². The highest BCUT2D eigenvalue weighted by Gasteiger charge is 2.12. The summed E-state index contributed by atoms with van der Waals surface area (Å²) in [4.78, 5) is 13.5. The molecule has 0 fully saturated rings. The van der Waals surface area contributed by atoms with Gasteiger partial charge >= 0.3 is 5.97 Å². The number of nitrogens with zero attached hydrogens (tertiary/aromatic N) is 1. The summed E-state index contributed by atoms with van der Waals surface area (Å²) in [6.07, 6.45) is 0.465. The summed E-state index contributed by atoms with van der Waals surface area (Å²) in [7, 11) is 1.61. The topological polar surface area (TPSA) is 59.0 Å². The predicted octanol–water partition coefficient (Wildman–Crippen LogP) is 2.39. The van der Waals surface area contributed by atoms with Gasteiger partial charge in [-0.3, -0.25) is 4.79 Å². The molecule has 5 heteroatoms. The summed E-state index contributed by atoms with van der Waals surface area (Å²) in [6, 6.07) is 7.46. The third kappa shape index (κ3) is 6.45. The first-order chi connectivity index (χ1) is 10.6. The Balaban J connectivity index is 2.42. The monoisotopic (exact) mass is 309 g/mol. The number of benzene rings is 1. The first-order valence-corrected chi connectivity index (χ1v) is 7.80. The summed E-state index contributed by atoms with van der Waals surface area (Å²) < 4.78 is 10.1. The maximum Gasteiger partial charge on any atom is 0.307 e. The van der Waals surface area contributed by atoms with E-state index in [9.17, 15) is 9.90 Å². The first kappa shape index (κ1) is 18.5. The number of aliphatic hydroxyl groups is 1. The normalized spacial score (nSPS) is 12.2. The zero-order valence-corrected chi connectivity index (χ0v) is 13.7. The lowest BCUT2D eigenvalue weighted by atomic mass is 10.1. The molecule has 1 unspecified atom stereocenters. The molecule has 0 heterocycles. The molecule has 0 spiro atoms. The number of ether oxygens (including phenoxy) is 2. The minimum Gasteiger partial charge on any atom is -0.497 e. The SMILES string of the molecule is CCOC(=O)CCN(CC)CCC(O)c1cccc(OC)c1. The summed E-state index contributed by atoms with van der Waals surface area (Å²) in [5, 5.41) is 10.3. The molecule has 0 bridgehead atoms. The molecule has 0 amide bonds. The van der Waals surface area contributed by atoms with Crippen molar-refractivity contribution in [1.82, 2.24) is 4.90 Å². The molecule has 1 aromatic carbocycles. The highest BCUT2D eigenvalue weighted by molar-refractivity contribution is 5.69. The van der Waals surface area contributed by atoms with Gasteiger partial charge in [0.1, 0.15) is 5.75 Å². The van der Waals surface area contributed by atoms with Crippen molar-refractivity contribution in [3.05, 3.63) is 29.8 Å². The van der Waals surface area contributed by atoms with Crippen molar-refractivity contribution < 1.29 is 19.4 Å². The van der Waals surface area contributed by atoms with Gasteiger partial charge in [0, 0.05) is 13.1 Å². The summed E-state index contributed by atoms with van der Waals surface area (Å²) >= 11 is 0. The molecule has 0 saturated heterocycles. The lowest BCUT2D eigenvalue weighted by molar-refractivity contribution is -0.143. The van der Waals surface area contributed by atoms with Crippen molar-refractivity contribution in [1.29, 1.82) is 0 Å². The van der Waals surface area contributed by atoms with E-state index in [0.717, 1.165) is 24.4 Å². The number of hydrogen-bond donors (Lipinski definition) is 1. The molecule has 124 valence electrons. The summed E-state index contributed by atoms with van der Waals surface area (Å²) in [6.45, 7) is 6.49.